The Morgan fingerprint density at radius 2 is 1.01 bits per heavy atom. The number of ether oxygens (including phenoxy) is 1. The fourth-order valence-corrected chi connectivity index (χ4v) is 14.6. The van der Waals surface area contributed by atoms with Crippen molar-refractivity contribution < 1.29 is 82.0 Å². The van der Waals surface area contributed by atoms with Crippen LogP contribution in [0.25, 0.3) is 33.5 Å². The number of hydrogen-bond acceptors (Lipinski definition) is 15. The molecule has 6 atom stereocenters. The summed E-state index contributed by atoms with van der Waals surface area (Å²) < 4.78 is 186. The second kappa shape index (κ2) is 27.4. The van der Waals surface area contributed by atoms with E-state index in [0.29, 0.717) is 55.0 Å². The van der Waals surface area contributed by atoms with E-state index in [0.717, 1.165) is 24.3 Å². The molecule has 10 aromatic rings. The smallest absolute Gasteiger partial charge is 0.414 e. The van der Waals surface area contributed by atoms with Gasteiger partial charge in [0.25, 0.3) is 24.7 Å². The van der Waals surface area contributed by atoms with Gasteiger partial charge in [0.2, 0.25) is 11.9 Å². The normalized spacial score (nSPS) is 19.0. The topological polar surface area (TPSA) is 261 Å². The molecule has 107 heavy (non-hydrogen) atoms. The van der Waals surface area contributed by atoms with Crippen molar-refractivity contribution in [3.05, 3.63) is 188 Å². The summed E-state index contributed by atoms with van der Waals surface area (Å²) in [6.45, 7) is 9.05. The number of hydrogen-bond donors (Lipinski definition) is 4. The van der Waals surface area contributed by atoms with E-state index in [1.807, 2.05) is 0 Å². The van der Waals surface area contributed by atoms with E-state index in [1.54, 1.807) is 67.8 Å². The number of carbonyl (C=O) groups excluding carboxylic acids is 3. The highest BCUT2D eigenvalue weighted by molar-refractivity contribution is 5.84. The monoisotopic (exact) mass is 1490 g/mol. The van der Waals surface area contributed by atoms with Gasteiger partial charge in [0.05, 0.1) is 18.0 Å². The van der Waals surface area contributed by atoms with Crippen molar-refractivity contribution in [1.82, 2.24) is 58.7 Å². The minimum absolute atomic E-state index is 0.0150. The van der Waals surface area contributed by atoms with E-state index >= 15 is 17.6 Å². The Balaban J connectivity index is 0.000000190. The van der Waals surface area contributed by atoms with Gasteiger partial charge in [-0.3, -0.25) is 33.1 Å². The fraction of sp³-hybridized carbons (Fsp3) is 0.373. The fourth-order valence-electron chi connectivity index (χ4n) is 14.6. The van der Waals surface area contributed by atoms with Gasteiger partial charge < -0.3 is 20.7 Å². The van der Waals surface area contributed by atoms with Crippen LogP contribution in [-0.2, 0) is 62.9 Å². The molecule has 0 saturated heterocycles. The highest BCUT2D eigenvalue weighted by Crippen LogP contribution is 2.73. The van der Waals surface area contributed by atoms with E-state index in [9.17, 15) is 59.7 Å². The lowest BCUT2D eigenvalue weighted by atomic mass is 9.86. The molecule has 1 amide bonds. The number of ketones is 2. The summed E-state index contributed by atoms with van der Waals surface area (Å²) in [5, 5.41) is 46.6. The average molecular weight is 1490 g/mol. The molecule has 4 aliphatic carbocycles. The predicted octanol–water partition coefficient (Wildman–Crippen LogP) is 13.5. The van der Waals surface area contributed by atoms with E-state index < -0.39 is 160 Å². The summed E-state index contributed by atoms with van der Waals surface area (Å²) in [5.74, 6) is -5.07. The van der Waals surface area contributed by atoms with Crippen LogP contribution in [-0.4, -0.2) is 104 Å². The number of amides is 1. The number of fused-ring (bicyclic) bond motifs is 8. The standard InChI is InChI=1S/C39H35F6N7O4.C36H31F6N7O2/c1-5-56-36(54)47-35-49-48-29-9-6-21(18-51(29)35)27-8-7-25(10-11-37(2,3)55)46-31(27)22(12-20-13-23(40)16-24(41)14-20)15-26(53)19-52-33-30(32(50-52)34(42)43)38(4)17-28(38)39(33,44)45;1-34(2,51)9-8-23-5-6-25(19-4-7-27-45-46-33(43)48(27)16-19)29(44-23)20(10-18-11-21(37)14-22(38)12-18)13-24(50)17-49-31-28(30(47-49)32(39)40)35(3)15-26(35)36(31,41)42/h6-9,13-14,16,18,22,28,34,55H,5,12,15,17,19H2,1-4H3,(H,47,49,54);4-7,11-12,14,16,20,26,32,51H,10,13,15,17H2,1-3H3,(H2,43,46)/t22-,28-,38+;20-,26-,35+/m11/s1. The third-order valence-electron chi connectivity index (χ3n) is 19.5. The summed E-state index contributed by atoms with van der Waals surface area (Å²) in [4.78, 5) is 49.6. The molecule has 0 spiro atoms. The first-order valence-electron chi connectivity index (χ1n) is 33.7. The number of Topliss-reactive ketones (excluding diaryl/α,β-unsaturated/α-hetero) is 2. The minimum atomic E-state index is -3.49. The summed E-state index contributed by atoms with van der Waals surface area (Å²) in [6.07, 6.45) is -5.01. The summed E-state index contributed by atoms with van der Waals surface area (Å²) >= 11 is 0. The van der Waals surface area contributed by atoms with Crippen molar-refractivity contribution in [2.24, 2.45) is 11.8 Å². The molecule has 14 rings (SSSR count). The zero-order valence-electron chi connectivity index (χ0n) is 58.1. The van der Waals surface area contributed by atoms with Crippen LogP contribution >= 0.6 is 0 Å². The first kappa shape index (κ1) is 74.3. The van der Waals surface area contributed by atoms with Gasteiger partial charge in [0.15, 0.2) is 22.9 Å². The van der Waals surface area contributed by atoms with Crippen molar-refractivity contribution in [1.29, 1.82) is 0 Å². The number of aliphatic hydroxyl groups is 2. The molecule has 20 nitrogen and oxygen atoms in total. The Hall–Kier alpha value is -11.0. The number of aromatic nitrogens is 12. The molecule has 556 valence electrons. The van der Waals surface area contributed by atoms with Crippen molar-refractivity contribution in [3.63, 3.8) is 0 Å². The lowest BCUT2D eigenvalue weighted by Gasteiger charge is -2.21. The molecular formula is C75H66F12N14O6. The van der Waals surface area contributed by atoms with E-state index in [1.165, 1.54) is 50.3 Å². The zero-order valence-corrected chi connectivity index (χ0v) is 58.1. The van der Waals surface area contributed by atoms with Crippen molar-refractivity contribution in [2.45, 2.75) is 159 Å². The predicted molar refractivity (Wildman–Crippen MR) is 362 cm³/mol. The first-order chi connectivity index (χ1) is 50.3. The highest BCUT2D eigenvalue weighted by Gasteiger charge is 2.75. The van der Waals surface area contributed by atoms with E-state index in [2.05, 4.69) is 59.6 Å². The van der Waals surface area contributed by atoms with Gasteiger partial charge in [0.1, 0.15) is 81.7 Å². The molecule has 0 aliphatic heterocycles. The number of anilines is 2. The van der Waals surface area contributed by atoms with Crippen molar-refractivity contribution >= 4 is 40.9 Å². The van der Waals surface area contributed by atoms with Gasteiger partial charge in [-0.25, -0.2) is 49.9 Å². The molecule has 32 heteroatoms. The molecule has 2 saturated carbocycles. The van der Waals surface area contributed by atoms with Crippen molar-refractivity contribution in [2.75, 3.05) is 17.7 Å². The number of nitrogens with zero attached hydrogens (tertiary/aromatic N) is 12. The summed E-state index contributed by atoms with van der Waals surface area (Å²) in [7, 11) is 0. The zero-order chi connectivity index (χ0) is 76.9. The van der Waals surface area contributed by atoms with Gasteiger partial charge >= 0.3 is 6.09 Å². The van der Waals surface area contributed by atoms with Crippen LogP contribution in [0.5, 0.6) is 0 Å². The Labute approximate surface area is 601 Å². The quantitative estimate of drug-likeness (QED) is 0.0408. The number of halogens is 12. The molecule has 2 fully saturated rings. The Bertz CT molecular complexity index is 5350. The van der Waals surface area contributed by atoms with Crippen LogP contribution in [0.2, 0.25) is 0 Å². The van der Waals surface area contributed by atoms with Crippen LogP contribution in [0.3, 0.4) is 0 Å². The molecule has 5 N–H and O–H groups in total. The molecule has 0 radical (unpaired) electrons. The molecule has 8 heterocycles. The van der Waals surface area contributed by atoms with Gasteiger partial charge in [-0.05, 0) is 156 Å². The number of nitrogen functional groups attached to an aromatic ring is 1. The number of nitrogens with one attached hydrogen (secondary N) is 1. The molecule has 2 aromatic carbocycles. The number of nitrogens with two attached hydrogens (primary N) is 1. The summed E-state index contributed by atoms with van der Waals surface area (Å²) in [6, 6.07) is 18.8. The number of alkyl halides is 8. The first-order valence-corrected chi connectivity index (χ1v) is 33.7. The number of carbonyl (C=O) groups is 3. The minimum Gasteiger partial charge on any atom is -0.450 e. The largest absolute Gasteiger partial charge is 0.450 e. The maximum atomic E-state index is 15.6. The Morgan fingerprint density at radius 3 is 1.42 bits per heavy atom. The lowest BCUT2D eigenvalue weighted by molar-refractivity contribution is -0.121. The van der Waals surface area contributed by atoms with Gasteiger partial charge in [-0.15, -0.1) is 20.4 Å². The molecule has 0 bridgehead atoms. The Kier molecular flexibility index (Phi) is 19.0. The highest BCUT2D eigenvalue weighted by atomic mass is 19.3. The summed E-state index contributed by atoms with van der Waals surface area (Å²) in [5.41, 5.74) is 1.20. The number of pyridine rings is 4. The van der Waals surface area contributed by atoms with Crippen LogP contribution in [0.4, 0.5) is 69.4 Å². The maximum absolute atomic E-state index is 15.6. The van der Waals surface area contributed by atoms with Crippen LogP contribution in [0.1, 0.15) is 167 Å². The van der Waals surface area contributed by atoms with Crippen LogP contribution in [0, 0.1) is 58.8 Å². The van der Waals surface area contributed by atoms with Gasteiger partial charge in [-0.1, -0.05) is 25.7 Å². The second-order valence-corrected chi connectivity index (χ2v) is 28.7. The average Bonchev–Trinajstić information content (AvgIpc) is 1.50. The van der Waals surface area contributed by atoms with Gasteiger partial charge in [0, 0.05) is 105 Å². The van der Waals surface area contributed by atoms with E-state index in [4.69, 9.17) is 20.4 Å². The SMILES string of the molecule is CC(C)(O)C#Cc1ccc(-c2ccc3nnc(N)n3c2)c([C@@H](CC(=O)Cn2nc(C(F)F)c3c2C(F)(F)[C@@H]2C[C@]32C)Cc2cc(F)cc(F)c2)n1.CCOC(=O)Nc1nnc2ccc(-c3ccc(C#CC(C)(C)O)nc3[C@@H](CC(=O)Cn3nc(C(F)F)c4c3C(F)(F)[C@@H]3C[C@]43C)Cc3cc(F)cc(F)c3)cn12. The van der Waals surface area contributed by atoms with Gasteiger partial charge in [-0.2, -0.15) is 27.8 Å². The van der Waals surface area contributed by atoms with Crippen LogP contribution < -0.4 is 11.1 Å². The lowest BCUT2D eigenvalue weighted by Crippen LogP contribution is -2.24. The third kappa shape index (κ3) is 14.8. The third-order valence-corrected chi connectivity index (χ3v) is 19.5. The Morgan fingerprint density at radius 1 is 0.598 bits per heavy atom. The number of rotatable bonds is 20. The maximum Gasteiger partial charge on any atom is 0.414 e. The molecular weight excluding hydrogens is 1420 g/mol. The number of benzene rings is 2. The molecule has 8 aromatic heterocycles. The van der Waals surface area contributed by atoms with E-state index in [-0.39, 0.29) is 89.2 Å². The van der Waals surface area contributed by atoms with Crippen LogP contribution in [0.15, 0.2) is 97.3 Å². The molecule has 4 aliphatic rings. The molecule has 0 unspecified atom stereocenters. The van der Waals surface area contributed by atoms with Crippen molar-refractivity contribution in [3.8, 4) is 45.9 Å². The second-order valence-electron chi connectivity index (χ2n) is 28.7.